The van der Waals surface area contributed by atoms with Crippen LogP contribution in [0.2, 0.25) is 0 Å². The predicted molar refractivity (Wildman–Crippen MR) is 85.9 cm³/mol. The molecule has 1 aromatic rings. The fraction of sp³-hybridized carbons (Fsp3) is 0.467. The average molecular weight is 291 g/mol. The number of piperazine rings is 1. The number of nitrogens with zero attached hydrogens (tertiary/aromatic N) is 2. The van der Waals surface area contributed by atoms with Gasteiger partial charge in [0.25, 0.3) is 0 Å². The summed E-state index contributed by atoms with van der Waals surface area (Å²) in [7, 11) is 0. The number of aryl methyl sites for hydroxylation is 1. The van der Waals surface area contributed by atoms with E-state index in [0.29, 0.717) is 0 Å². The van der Waals surface area contributed by atoms with E-state index < -0.39 is 0 Å². The Labute approximate surface area is 125 Å². The number of amides is 1. The molecule has 1 fully saturated rings. The van der Waals surface area contributed by atoms with Crippen molar-refractivity contribution in [2.75, 3.05) is 31.5 Å². The van der Waals surface area contributed by atoms with Crippen molar-refractivity contribution in [3.63, 3.8) is 0 Å². The summed E-state index contributed by atoms with van der Waals surface area (Å²) >= 11 is 5.45. The van der Waals surface area contributed by atoms with Crippen molar-refractivity contribution in [3.05, 3.63) is 29.8 Å². The smallest absolute Gasteiger partial charge is 0.219 e. The fourth-order valence-electron chi connectivity index (χ4n) is 2.30. The monoisotopic (exact) mass is 291 g/mol. The molecule has 1 aliphatic heterocycles. The molecule has 1 saturated heterocycles. The standard InChI is InChI=1S/C15H21N3OS/c1-3-13-5-4-6-14(11-13)16-15(20)18-9-7-17(8-10-18)12(2)19/h4-6,11H,3,7-10H2,1-2H3,(H,16,20). The van der Waals surface area contributed by atoms with E-state index in [1.807, 2.05) is 17.0 Å². The van der Waals surface area contributed by atoms with Crippen LogP contribution in [0.3, 0.4) is 0 Å². The van der Waals surface area contributed by atoms with Crippen LogP contribution < -0.4 is 5.32 Å². The first-order valence-electron chi connectivity index (χ1n) is 7.00. The Morgan fingerprint density at radius 2 is 1.90 bits per heavy atom. The first-order chi connectivity index (χ1) is 9.60. The maximum Gasteiger partial charge on any atom is 0.219 e. The van der Waals surface area contributed by atoms with Gasteiger partial charge >= 0.3 is 0 Å². The number of nitrogens with one attached hydrogen (secondary N) is 1. The lowest BCUT2D eigenvalue weighted by Crippen LogP contribution is -2.51. The Hall–Kier alpha value is -1.62. The molecule has 1 aliphatic rings. The Morgan fingerprint density at radius 3 is 2.50 bits per heavy atom. The Balaban J connectivity index is 1.91. The summed E-state index contributed by atoms with van der Waals surface area (Å²) in [5.41, 5.74) is 2.32. The predicted octanol–water partition coefficient (Wildman–Crippen LogP) is 2.11. The molecule has 1 heterocycles. The van der Waals surface area contributed by atoms with Crippen molar-refractivity contribution < 1.29 is 4.79 Å². The highest BCUT2D eigenvalue weighted by molar-refractivity contribution is 7.80. The Morgan fingerprint density at radius 1 is 1.25 bits per heavy atom. The second-order valence-corrected chi connectivity index (χ2v) is 5.36. The molecule has 108 valence electrons. The summed E-state index contributed by atoms with van der Waals surface area (Å²) < 4.78 is 0. The van der Waals surface area contributed by atoms with Crippen LogP contribution in [0.25, 0.3) is 0 Å². The zero-order chi connectivity index (χ0) is 14.5. The molecule has 5 heteroatoms. The van der Waals surface area contributed by atoms with E-state index in [0.717, 1.165) is 43.4 Å². The zero-order valence-electron chi connectivity index (χ0n) is 12.1. The number of rotatable bonds is 2. The topological polar surface area (TPSA) is 35.6 Å². The van der Waals surface area contributed by atoms with Crippen LogP contribution in [-0.2, 0) is 11.2 Å². The van der Waals surface area contributed by atoms with Gasteiger partial charge in [-0.15, -0.1) is 0 Å². The molecule has 0 atom stereocenters. The van der Waals surface area contributed by atoms with Gasteiger partial charge in [-0.25, -0.2) is 0 Å². The summed E-state index contributed by atoms with van der Waals surface area (Å²) in [6.45, 7) is 6.82. The van der Waals surface area contributed by atoms with Crippen LogP contribution in [0.1, 0.15) is 19.4 Å². The third kappa shape index (κ3) is 3.70. The van der Waals surface area contributed by atoms with Crippen molar-refractivity contribution in [1.29, 1.82) is 0 Å². The van der Waals surface area contributed by atoms with Crippen molar-refractivity contribution in [3.8, 4) is 0 Å². The summed E-state index contributed by atoms with van der Waals surface area (Å²) in [6, 6.07) is 8.30. The van der Waals surface area contributed by atoms with Gasteiger partial charge in [0.2, 0.25) is 5.91 Å². The van der Waals surface area contributed by atoms with Crippen molar-refractivity contribution in [2.24, 2.45) is 0 Å². The van der Waals surface area contributed by atoms with Gasteiger partial charge in [-0.2, -0.15) is 0 Å². The normalized spacial score (nSPS) is 15.1. The Kier molecular flexibility index (Phi) is 4.95. The van der Waals surface area contributed by atoms with Crippen molar-refractivity contribution >= 4 is 28.9 Å². The third-order valence-electron chi connectivity index (χ3n) is 3.60. The summed E-state index contributed by atoms with van der Waals surface area (Å²) in [6.07, 6.45) is 1.01. The number of anilines is 1. The van der Waals surface area contributed by atoms with Crippen LogP contribution in [0.4, 0.5) is 5.69 Å². The average Bonchev–Trinajstić information content (AvgIpc) is 2.47. The number of carbonyl (C=O) groups is 1. The second kappa shape index (κ2) is 6.70. The fourth-order valence-corrected chi connectivity index (χ4v) is 2.60. The van der Waals surface area contributed by atoms with E-state index >= 15 is 0 Å². The number of benzene rings is 1. The number of thiocarbonyl (C=S) groups is 1. The molecule has 0 aromatic heterocycles. The molecule has 0 aliphatic carbocycles. The second-order valence-electron chi connectivity index (χ2n) is 4.98. The van der Waals surface area contributed by atoms with Gasteiger partial charge < -0.3 is 15.1 Å². The molecule has 1 aromatic carbocycles. The van der Waals surface area contributed by atoms with E-state index in [1.165, 1.54) is 5.56 Å². The molecule has 0 spiro atoms. The highest BCUT2D eigenvalue weighted by atomic mass is 32.1. The van der Waals surface area contributed by atoms with Gasteiger partial charge in [0.05, 0.1) is 0 Å². The van der Waals surface area contributed by atoms with Gasteiger partial charge in [-0.3, -0.25) is 4.79 Å². The first-order valence-corrected chi connectivity index (χ1v) is 7.41. The zero-order valence-corrected chi connectivity index (χ0v) is 12.9. The Bertz CT molecular complexity index is 496. The van der Waals surface area contributed by atoms with Crippen LogP contribution in [0.5, 0.6) is 0 Å². The highest BCUT2D eigenvalue weighted by Crippen LogP contribution is 2.13. The lowest BCUT2D eigenvalue weighted by molar-refractivity contribution is -0.130. The lowest BCUT2D eigenvalue weighted by Gasteiger charge is -2.35. The van der Waals surface area contributed by atoms with Crippen molar-refractivity contribution in [2.45, 2.75) is 20.3 Å². The number of hydrogen-bond donors (Lipinski definition) is 1. The van der Waals surface area contributed by atoms with E-state index in [-0.39, 0.29) is 5.91 Å². The highest BCUT2D eigenvalue weighted by Gasteiger charge is 2.20. The van der Waals surface area contributed by atoms with Gasteiger partial charge in [-0.1, -0.05) is 19.1 Å². The van der Waals surface area contributed by atoms with Crippen LogP contribution >= 0.6 is 12.2 Å². The molecule has 0 bridgehead atoms. The molecule has 0 saturated carbocycles. The van der Waals surface area contributed by atoms with Gasteiger partial charge in [-0.05, 0) is 36.3 Å². The minimum absolute atomic E-state index is 0.138. The molecule has 0 unspecified atom stereocenters. The SMILES string of the molecule is CCc1cccc(NC(=S)N2CCN(C(C)=O)CC2)c1. The minimum Gasteiger partial charge on any atom is -0.345 e. The lowest BCUT2D eigenvalue weighted by atomic mass is 10.1. The van der Waals surface area contributed by atoms with Crippen LogP contribution in [0, 0.1) is 0 Å². The molecule has 0 radical (unpaired) electrons. The van der Waals surface area contributed by atoms with E-state index in [9.17, 15) is 4.79 Å². The molecule has 1 N–H and O–H groups in total. The van der Waals surface area contributed by atoms with Crippen LogP contribution in [0.15, 0.2) is 24.3 Å². The number of carbonyl (C=O) groups excluding carboxylic acids is 1. The maximum atomic E-state index is 11.3. The van der Waals surface area contributed by atoms with E-state index in [2.05, 4.69) is 29.3 Å². The quantitative estimate of drug-likeness (QED) is 0.847. The first kappa shape index (κ1) is 14.8. The molecule has 20 heavy (non-hydrogen) atoms. The van der Waals surface area contributed by atoms with Gasteiger partial charge in [0.15, 0.2) is 5.11 Å². The van der Waals surface area contributed by atoms with Crippen LogP contribution in [-0.4, -0.2) is 47.0 Å². The molecular weight excluding hydrogens is 270 g/mol. The summed E-state index contributed by atoms with van der Waals surface area (Å²) in [4.78, 5) is 15.3. The summed E-state index contributed by atoms with van der Waals surface area (Å²) in [5.74, 6) is 0.138. The van der Waals surface area contributed by atoms with Crippen molar-refractivity contribution in [1.82, 2.24) is 9.80 Å². The minimum atomic E-state index is 0.138. The number of hydrogen-bond acceptors (Lipinski definition) is 2. The largest absolute Gasteiger partial charge is 0.345 e. The molecule has 4 nitrogen and oxygen atoms in total. The molecule has 1 amide bonds. The molecule has 2 rings (SSSR count). The van der Waals surface area contributed by atoms with E-state index in [4.69, 9.17) is 12.2 Å². The van der Waals surface area contributed by atoms with E-state index in [1.54, 1.807) is 6.92 Å². The summed E-state index contributed by atoms with van der Waals surface area (Å²) in [5, 5.41) is 4.02. The van der Waals surface area contributed by atoms with Gasteiger partial charge in [0.1, 0.15) is 0 Å². The maximum absolute atomic E-state index is 11.3. The van der Waals surface area contributed by atoms with Gasteiger partial charge in [0, 0.05) is 38.8 Å². The molecular formula is C15H21N3OS. The third-order valence-corrected chi connectivity index (χ3v) is 3.96.